The average molecular weight is 323 g/mol. The number of hydrogen-bond donors (Lipinski definition) is 1. The van der Waals surface area contributed by atoms with Crippen molar-refractivity contribution in [1.82, 2.24) is 5.32 Å². The number of hydrogen-bond acceptors (Lipinski definition) is 2. The minimum Gasteiger partial charge on any atom is -0.363 e. The van der Waals surface area contributed by atoms with E-state index in [1.165, 1.54) is 5.56 Å². The van der Waals surface area contributed by atoms with E-state index in [2.05, 4.69) is 29.6 Å². The smallest absolute Gasteiger partial charge is 0.134 e. The summed E-state index contributed by atoms with van der Waals surface area (Å²) in [6.07, 6.45) is 0. The van der Waals surface area contributed by atoms with Crippen LogP contribution in [0.2, 0.25) is 0 Å². The molecule has 0 saturated carbocycles. The van der Waals surface area contributed by atoms with Gasteiger partial charge < -0.3 is 5.32 Å². The van der Waals surface area contributed by atoms with Crippen LogP contribution < -0.4 is 5.32 Å². The number of thioether (sulfide) groups is 1. The molecule has 0 spiro atoms. The Hall–Kier alpha value is 0.190. The van der Waals surface area contributed by atoms with Gasteiger partial charge in [0.05, 0.1) is 6.04 Å². The van der Waals surface area contributed by atoms with Crippen molar-refractivity contribution in [3.63, 3.8) is 0 Å². The highest BCUT2D eigenvalue weighted by Gasteiger charge is 2.19. The Labute approximate surface area is 105 Å². The van der Waals surface area contributed by atoms with Gasteiger partial charge in [0, 0.05) is 5.75 Å². The van der Waals surface area contributed by atoms with E-state index in [1.807, 2.05) is 6.07 Å². The van der Waals surface area contributed by atoms with Crippen molar-refractivity contribution < 1.29 is 0 Å². The summed E-state index contributed by atoms with van der Waals surface area (Å²) in [5.74, 6) is 1.06. The maximum Gasteiger partial charge on any atom is 0.134 e. The number of nitrogens with one attached hydrogen (secondary N) is 1. The molecule has 0 aromatic heterocycles. The molecule has 0 bridgehead atoms. The summed E-state index contributed by atoms with van der Waals surface area (Å²) in [7, 11) is 0. The Morgan fingerprint density at radius 1 is 1.31 bits per heavy atom. The zero-order valence-corrected chi connectivity index (χ0v) is 10.9. The van der Waals surface area contributed by atoms with E-state index in [-0.39, 0.29) is 24.0 Å². The highest BCUT2D eigenvalue weighted by Crippen LogP contribution is 2.25. The molecule has 1 aromatic rings. The second-order valence-corrected chi connectivity index (χ2v) is 4.40. The Kier molecular flexibility index (Phi) is 4.48. The highest BCUT2D eigenvalue weighted by molar-refractivity contribution is 14.0. The van der Waals surface area contributed by atoms with Crippen molar-refractivity contribution in [3.05, 3.63) is 35.9 Å². The summed E-state index contributed by atoms with van der Waals surface area (Å²) in [6.45, 7) is 0. The first kappa shape index (κ1) is 11.3. The fraction of sp³-hybridized carbons (Fsp3) is 0.222. The molecule has 1 aromatic carbocycles. The Morgan fingerprint density at radius 3 is 2.54 bits per heavy atom. The first-order valence-electron chi connectivity index (χ1n) is 3.84. The monoisotopic (exact) mass is 323 g/mol. The third kappa shape index (κ3) is 2.82. The van der Waals surface area contributed by atoms with E-state index in [0.29, 0.717) is 6.04 Å². The van der Waals surface area contributed by atoms with Crippen LogP contribution in [-0.2, 0) is 0 Å². The van der Waals surface area contributed by atoms with Gasteiger partial charge >= 0.3 is 0 Å². The lowest BCUT2D eigenvalue weighted by atomic mass is 10.1. The molecule has 1 aliphatic rings. The molecule has 1 fully saturated rings. The molecule has 1 atom stereocenters. The largest absolute Gasteiger partial charge is 0.363 e. The average Bonchev–Trinajstić information content (AvgIpc) is 2.54. The van der Waals surface area contributed by atoms with Gasteiger partial charge in [-0.05, 0) is 5.56 Å². The second-order valence-electron chi connectivity index (χ2n) is 2.71. The lowest BCUT2D eigenvalue weighted by Gasteiger charge is -2.08. The normalized spacial score (nSPS) is 20.6. The minimum atomic E-state index is 0. The number of thiocarbonyl (C=S) groups is 1. The molecule has 0 aliphatic carbocycles. The fourth-order valence-electron chi connectivity index (χ4n) is 1.25. The second kappa shape index (κ2) is 5.17. The lowest BCUT2D eigenvalue weighted by molar-refractivity contribution is 0.757. The van der Waals surface area contributed by atoms with Gasteiger partial charge in [-0.25, -0.2) is 0 Å². The summed E-state index contributed by atoms with van der Waals surface area (Å²) in [5.41, 5.74) is 1.32. The molecule has 4 heteroatoms. The van der Waals surface area contributed by atoms with Crippen molar-refractivity contribution in [2.45, 2.75) is 6.04 Å². The molecule has 0 radical (unpaired) electrons. The summed E-state index contributed by atoms with van der Waals surface area (Å²) >= 11 is 6.77. The first-order chi connectivity index (χ1) is 5.86. The van der Waals surface area contributed by atoms with E-state index in [1.54, 1.807) is 11.8 Å². The van der Waals surface area contributed by atoms with Crippen LogP contribution in [0.25, 0.3) is 0 Å². The van der Waals surface area contributed by atoms with Gasteiger partial charge in [-0.2, -0.15) is 0 Å². The topological polar surface area (TPSA) is 12.0 Å². The molecular formula is C9H10INS2. The van der Waals surface area contributed by atoms with E-state index < -0.39 is 0 Å². The van der Waals surface area contributed by atoms with Crippen molar-refractivity contribution in [1.29, 1.82) is 0 Å². The molecule has 1 aliphatic heterocycles. The minimum absolute atomic E-state index is 0. The van der Waals surface area contributed by atoms with Crippen LogP contribution in [0.15, 0.2) is 30.3 Å². The van der Waals surface area contributed by atoms with E-state index >= 15 is 0 Å². The van der Waals surface area contributed by atoms with Crippen LogP contribution in [-0.4, -0.2) is 10.1 Å². The molecule has 13 heavy (non-hydrogen) atoms. The third-order valence-electron chi connectivity index (χ3n) is 1.88. The lowest BCUT2D eigenvalue weighted by Crippen LogP contribution is -2.17. The summed E-state index contributed by atoms with van der Waals surface area (Å²) < 4.78 is 0.920. The standard InChI is InChI=1S/C9H9NS2.HI/c11-9-10-8(6-12-9)7-4-2-1-3-5-7;/h1-5,8H,6H2,(H,10,11);1H. The van der Waals surface area contributed by atoms with E-state index in [9.17, 15) is 0 Å². The summed E-state index contributed by atoms with van der Waals surface area (Å²) in [5, 5.41) is 3.26. The number of rotatable bonds is 1. The number of benzene rings is 1. The predicted molar refractivity (Wildman–Crippen MR) is 72.8 cm³/mol. The molecule has 1 heterocycles. The van der Waals surface area contributed by atoms with Crippen LogP contribution in [0, 0.1) is 0 Å². The number of halogens is 1. The molecule has 1 nitrogen and oxygen atoms in total. The van der Waals surface area contributed by atoms with Gasteiger partial charge in [0.25, 0.3) is 0 Å². The van der Waals surface area contributed by atoms with Crippen molar-refractivity contribution >= 4 is 52.3 Å². The van der Waals surface area contributed by atoms with Gasteiger partial charge in [0.1, 0.15) is 4.32 Å². The fourth-order valence-corrected chi connectivity index (χ4v) is 2.42. The van der Waals surface area contributed by atoms with Crippen LogP contribution in [0.1, 0.15) is 11.6 Å². The Bertz CT molecular complexity index is 289. The quantitative estimate of drug-likeness (QED) is 0.630. The van der Waals surface area contributed by atoms with Gasteiger partial charge in [0.2, 0.25) is 0 Å². The molecule has 0 amide bonds. The third-order valence-corrected chi connectivity index (χ3v) is 3.23. The predicted octanol–water partition coefficient (Wildman–Crippen LogP) is 2.97. The molecule has 1 unspecified atom stereocenters. The van der Waals surface area contributed by atoms with Gasteiger partial charge in [-0.3, -0.25) is 0 Å². The Balaban J connectivity index is 0.000000845. The maximum atomic E-state index is 5.05. The van der Waals surface area contributed by atoms with Crippen molar-refractivity contribution in [2.75, 3.05) is 5.75 Å². The van der Waals surface area contributed by atoms with Crippen molar-refractivity contribution in [3.8, 4) is 0 Å². The Morgan fingerprint density at radius 2 is 2.00 bits per heavy atom. The van der Waals surface area contributed by atoms with Gasteiger partial charge in [-0.1, -0.05) is 54.3 Å². The molecule has 1 N–H and O–H groups in total. The molecule has 2 rings (SSSR count). The van der Waals surface area contributed by atoms with Gasteiger partial charge in [0.15, 0.2) is 0 Å². The summed E-state index contributed by atoms with van der Waals surface area (Å²) in [4.78, 5) is 0. The van der Waals surface area contributed by atoms with Crippen LogP contribution in [0.3, 0.4) is 0 Å². The highest BCUT2D eigenvalue weighted by atomic mass is 127. The molecule has 70 valence electrons. The van der Waals surface area contributed by atoms with Crippen molar-refractivity contribution in [2.24, 2.45) is 0 Å². The molecular weight excluding hydrogens is 313 g/mol. The van der Waals surface area contributed by atoms with E-state index in [4.69, 9.17) is 12.2 Å². The van der Waals surface area contributed by atoms with Crippen LogP contribution >= 0.6 is 48.0 Å². The summed E-state index contributed by atoms with van der Waals surface area (Å²) in [6, 6.07) is 10.8. The zero-order valence-electron chi connectivity index (χ0n) is 6.90. The maximum absolute atomic E-state index is 5.05. The first-order valence-corrected chi connectivity index (χ1v) is 5.24. The zero-order chi connectivity index (χ0) is 8.39. The van der Waals surface area contributed by atoms with E-state index in [0.717, 1.165) is 10.1 Å². The van der Waals surface area contributed by atoms with Gasteiger partial charge in [-0.15, -0.1) is 24.0 Å². The van der Waals surface area contributed by atoms with Crippen LogP contribution in [0.4, 0.5) is 0 Å². The molecule has 1 saturated heterocycles. The SMILES string of the molecule is I.S=C1NC(c2ccccc2)CS1. The van der Waals surface area contributed by atoms with Crippen LogP contribution in [0.5, 0.6) is 0 Å².